The summed E-state index contributed by atoms with van der Waals surface area (Å²) in [5, 5.41) is 0.0149. The molecule has 2 atom stereocenters. The number of carbonyl (C=O) groups excluding carboxylic acids is 2. The molecule has 0 aliphatic carbocycles. The first kappa shape index (κ1) is 18.1. The van der Waals surface area contributed by atoms with Gasteiger partial charge in [0, 0.05) is 24.9 Å². The monoisotopic (exact) mass is 341 g/mol. The zero-order valence-electron chi connectivity index (χ0n) is 13.8. The summed E-state index contributed by atoms with van der Waals surface area (Å²) in [6, 6.07) is -0.452. The molecule has 0 aromatic carbocycles. The lowest BCUT2D eigenvalue weighted by atomic mass is 10.1. The summed E-state index contributed by atoms with van der Waals surface area (Å²) in [5.41, 5.74) is 0. The Balaban J connectivity index is 2.00. The Hall–Kier alpha value is -1.21. The van der Waals surface area contributed by atoms with Crippen LogP contribution in [0.15, 0.2) is 12.7 Å². The third-order valence-corrected chi connectivity index (χ3v) is 4.74. The molecule has 2 heterocycles. The first-order valence-corrected chi connectivity index (χ1v) is 8.74. The minimum atomic E-state index is -0.452. The van der Waals surface area contributed by atoms with Crippen molar-refractivity contribution < 1.29 is 14.3 Å². The number of carbonyl (C=O) groups is 2. The van der Waals surface area contributed by atoms with Crippen molar-refractivity contribution in [2.24, 2.45) is 0 Å². The second kappa shape index (κ2) is 8.59. The lowest BCUT2D eigenvalue weighted by Gasteiger charge is -2.32. The van der Waals surface area contributed by atoms with Gasteiger partial charge in [-0.3, -0.25) is 9.69 Å². The van der Waals surface area contributed by atoms with E-state index in [1.807, 2.05) is 4.90 Å². The van der Waals surface area contributed by atoms with Crippen molar-refractivity contribution in [3.05, 3.63) is 12.7 Å². The van der Waals surface area contributed by atoms with E-state index in [-0.39, 0.29) is 17.8 Å². The highest BCUT2D eigenvalue weighted by Gasteiger charge is 2.41. The molecule has 0 bridgehead atoms. The topological polar surface area (TPSA) is 53.1 Å². The van der Waals surface area contributed by atoms with Crippen LogP contribution in [0.3, 0.4) is 0 Å². The Morgan fingerprint density at radius 2 is 1.91 bits per heavy atom. The predicted octanol–water partition coefficient (Wildman–Crippen LogP) is 1.24. The molecule has 0 aromatic rings. The number of rotatable bonds is 3. The van der Waals surface area contributed by atoms with Crippen LogP contribution in [0.4, 0.5) is 4.79 Å². The Bertz CT molecular complexity index is 436. The number of hydrogen-bond acceptors (Lipinski definition) is 5. The molecule has 130 valence electrons. The Morgan fingerprint density at radius 3 is 2.52 bits per heavy atom. The van der Waals surface area contributed by atoms with Crippen LogP contribution in [0.1, 0.15) is 19.3 Å². The van der Waals surface area contributed by atoms with Crippen LogP contribution < -0.4 is 0 Å². The fourth-order valence-electron chi connectivity index (χ4n) is 3.18. The van der Waals surface area contributed by atoms with E-state index >= 15 is 0 Å². The molecule has 0 unspecified atom stereocenters. The van der Waals surface area contributed by atoms with Gasteiger partial charge in [-0.05, 0) is 39.4 Å². The number of ether oxygens (including phenoxy) is 1. The average molecular weight is 341 g/mol. The van der Waals surface area contributed by atoms with Crippen molar-refractivity contribution in [2.75, 3.05) is 46.4 Å². The summed E-state index contributed by atoms with van der Waals surface area (Å²) in [7, 11) is 2.11. The molecule has 0 aromatic heterocycles. The van der Waals surface area contributed by atoms with E-state index in [0.717, 1.165) is 39.0 Å². The lowest BCUT2D eigenvalue weighted by Crippen LogP contribution is -2.49. The predicted molar refractivity (Wildman–Crippen MR) is 92.7 cm³/mol. The molecular weight excluding hydrogens is 314 g/mol. The van der Waals surface area contributed by atoms with Gasteiger partial charge in [0.25, 0.3) is 0 Å². The van der Waals surface area contributed by atoms with Gasteiger partial charge < -0.3 is 14.5 Å². The smallest absolute Gasteiger partial charge is 0.410 e. The van der Waals surface area contributed by atoms with Gasteiger partial charge in [-0.1, -0.05) is 12.7 Å². The molecule has 2 fully saturated rings. The maximum atomic E-state index is 12.9. The highest BCUT2D eigenvalue weighted by Crippen LogP contribution is 2.25. The van der Waals surface area contributed by atoms with Gasteiger partial charge in [0.15, 0.2) is 0 Å². The van der Waals surface area contributed by atoms with Crippen molar-refractivity contribution in [3.63, 3.8) is 0 Å². The molecule has 0 radical (unpaired) electrons. The van der Waals surface area contributed by atoms with Gasteiger partial charge in [0.1, 0.15) is 12.6 Å². The van der Waals surface area contributed by atoms with Crippen LogP contribution in [-0.4, -0.2) is 84.4 Å². The highest BCUT2D eigenvalue weighted by atomic mass is 32.1. The fraction of sp³-hybridized carbons (Fsp3) is 0.750. The second-order valence-electron chi connectivity index (χ2n) is 6.26. The van der Waals surface area contributed by atoms with Gasteiger partial charge in [0.05, 0.1) is 0 Å². The molecule has 0 N–H and O–H groups in total. The Morgan fingerprint density at radius 1 is 1.26 bits per heavy atom. The van der Waals surface area contributed by atoms with Crippen LogP contribution in [0, 0.1) is 0 Å². The van der Waals surface area contributed by atoms with E-state index in [2.05, 4.69) is 31.2 Å². The maximum absolute atomic E-state index is 12.9. The Labute approximate surface area is 143 Å². The number of hydrogen-bond donors (Lipinski definition) is 1. The van der Waals surface area contributed by atoms with Crippen molar-refractivity contribution in [3.8, 4) is 0 Å². The third-order valence-electron chi connectivity index (χ3n) is 4.37. The van der Waals surface area contributed by atoms with E-state index in [9.17, 15) is 9.59 Å². The molecule has 2 aliphatic heterocycles. The molecule has 7 heteroatoms. The second-order valence-corrected chi connectivity index (χ2v) is 6.99. The first-order valence-electron chi connectivity index (χ1n) is 8.22. The van der Waals surface area contributed by atoms with Crippen molar-refractivity contribution >= 4 is 24.6 Å². The van der Waals surface area contributed by atoms with Crippen LogP contribution in [0.2, 0.25) is 0 Å². The van der Waals surface area contributed by atoms with Crippen molar-refractivity contribution in [2.45, 2.75) is 30.6 Å². The number of nitrogens with zero attached hydrogens (tertiary/aromatic N) is 3. The minimum Gasteiger partial charge on any atom is -0.445 e. The van der Waals surface area contributed by atoms with Crippen LogP contribution in [0.5, 0.6) is 0 Å². The molecule has 0 spiro atoms. The van der Waals surface area contributed by atoms with Crippen molar-refractivity contribution in [1.82, 2.24) is 14.7 Å². The molecule has 2 aliphatic rings. The summed E-state index contributed by atoms with van der Waals surface area (Å²) >= 11 is 4.46. The molecule has 6 nitrogen and oxygen atoms in total. The number of thiol groups is 1. The molecule has 2 saturated heterocycles. The van der Waals surface area contributed by atoms with E-state index in [1.54, 1.807) is 0 Å². The largest absolute Gasteiger partial charge is 0.445 e. The minimum absolute atomic E-state index is 0.0149. The standard InChI is InChI=1S/C16H27N3O3S/c1-3-10-22-16(21)19-12-13(23)11-14(19)15(20)18-8-4-6-17(2)7-5-9-18/h3,13-14,23H,1,4-12H2,2H3/t13-,14-/m0/s1. The van der Waals surface area contributed by atoms with Crippen LogP contribution >= 0.6 is 12.6 Å². The quantitative estimate of drug-likeness (QED) is 0.620. The van der Waals surface area contributed by atoms with Gasteiger partial charge in [-0.2, -0.15) is 12.6 Å². The summed E-state index contributed by atoms with van der Waals surface area (Å²) in [4.78, 5) is 30.8. The number of amides is 2. The molecule has 0 saturated carbocycles. The summed E-state index contributed by atoms with van der Waals surface area (Å²) in [5.74, 6) is 0.0293. The SMILES string of the molecule is C=CCOC(=O)N1C[C@@H](S)C[C@H]1C(=O)N1CCCN(C)CCC1. The van der Waals surface area contributed by atoms with Gasteiger partial charge >= 0.3 is 6.09 Å². The third kappa shape index (κ3) is 4.88. The summed E-state index contributed by atoms with van der Waals surface area (Å²) < 4.78 is 5.11. The zero-order valence-corrected chi connectivity index (χ0v) is 14.7. The fourth-order valence-corrected chi connectivity index (χ4v) is 3.56. The Kier molecular flexibility index (Phi) is 6.77. The van der Waals surface area contributed by atoms with Gasteiger partial charge in [-0.25, -0.2) is 4.79 Å². The van der Waals surface area contributed by atoms with Crippen LogP contribution in [0.25, 0.3) is 0 Å². The van der Waals surface area contributed by atoms with E-state index < -0.39 is 12.1 Å². The van der Waals surface area contributed by atoms with Gasteiger partial charge in [0.2, 0.25) is 5.91 Å². The summed E-state index contributed by atoms with van der Waals surface area (Å²) in [6.45, 7) is 7.62. The number of likely N-dealkylation sites (tertiary alicyclic amines) is 1. The molecule has 2 rings (SSSR count). The summed E-state index contributed by atoms with van der Waals surface area (Å²) in [6.07, 6.45) is 3.58. The van der Waals surface area contributed by atoms with Crippen LogP contribution in [-0.2, 0) is 9.53 Å². The van der Waals surface area contributed by atoms with E-state index in [1.165, 1.54) is 11.0 Å². The van der Waals surface area contributed by atoms with Crippen molar-refractivity contribution in [1.29, 1.82) is 0 Å². The highest BCUT2D eigenvalue weighted by molar-refractivity contribution is 7.81. The first-order chi connectivity index (χ1) is 11.0. The molecular formula is C16H27N3O3S. The normalized spacial score (nSPS) is 26.5. The van der Waals surface area contributed by atoms with E-state index in [4.69, 9.17) is 4.74 Å². The zero-order chi connectivity index (χ0) is 16.8. The lowest BCUT2D eigenvalue weighted by molar-refractivity contribution is -0.136. The average Bonchev–Trinajstić information content (AvgIpc) is 2.89. The maximum Gasteiger partial charge on any atom is 0.410 e. The van der Waals surface area contributed by atoms with Gasteiger partial charge in [-0.15, -0.1) is 0 Å². The molecule has 23 heavy (non-hydrogen) atoms. The molecule has 2 amide bonds. The van der Waals surface area contributed by atoms with E-state index in [0.29, 0.717) is 13.0 Å².